The summed E-state index contributed by atoms with van der Waals surface area (Å²) in [7, 11) is 0. The largest absolute Gasteiger partial charge is 0.387 e. The Balaban J connectivity index is 1.42. The van der Waals surface area contributed by atoms with Crippen LogP contribution in [0.5, 0.6) is 0 Å². The van der Waals surface area contributed by atoms with E-state index in [0.717, 1.165) is 44.0 Å². The van der Waals surface area contributed by atoms with Crippen molar-refractivity contribution < 1.29 is 5.11 Å². The predicted molar refractivity (Wildman–Crippen MR) is 141 cm³/mol. The Morgan fingerprint density at radius 2 is 2.06 bits per heavy atom. The summed E-state index contributed by atoms with van der Waals surface area (Å²) in [5.74, 6) is 0. The average Bonchev–Trinajstić information content (AvgIpc) is 3.12. The van der Waals surface area contributed by atoms with E-state index in [-0.39, 0.29) is 0 Å². The number of nitrogens with one attached hydrogen (secondary N) is 2. The van der Waals surface area contributed by atoms with Gasteiger partial charge in [-0.25, -0.2) is 0 Å². The topological polar surface area (TPSA) is 89.6 Å². The zero-order chi connectivity index (χ0) is 24.6. The zero-order valence-corrected chi connectivity index (χ0v) is 20.5. The third-order valence-corrected chi connectivity index (χ3v) is 7.51. The fourth-order valence-corrected chi connectivity index (χ4v) is 5.84. The van der Waals surface area contributed by atoms with E-state index in [1.807, 2.05) is 31.2 Å². The van der Waals surface area contributed by atoms with E-state index in [1.54, 1.807) is 6.08 Å². The lowest BCUT2D eigenvalue weighted by atomic mass is 9.99. The second-order valence-corrected chi connectivity index (χ2v) is 10.3. The molecule has 0 aliphatic carbocycles. The van der Waals surface area contributed by atoms with Crippen LogP contribution in [0, 0.1) is 16.7 Å². The van der Waals surface area contributed by atoms with E-state index in [4.69, 9.17) is 5.41 Å². The maximum atomic E-state index is 10.7. The molecule has 0 amide bonds. The Morgan fingerprint density at radius 1 is 1.20 bits per heavy atom. The maximum Gasteiger partial charge on any atom is 0.0991 e. The predicted octanol–water partition coefficient (Wildman–Crippen LogP) is 3.15. The molecule has 0 aromatic heterocycles. The van der Waals surface area contributed by atoms with Gasteiger partial charge in [-0.05, 0) is 66.9 Å². The van der Waals surface area contributed by atoms with Crippen molar-refractivity contribution in [2.45, 2.75) is 38.1 Å². The van der Waals surface area contributed by atoms with Gasteiger partial charge < -0.3 is 25.6 Å². The van der Waals surface area contributed by atoms with Gasteiger partial charge in [0.05, 0.1) is 23.3 Å². The van der Waals surface area contributed by atoms with Gasteiger partial charge in [-0.15, -0.1) is 0 Å². The van der Waals surface area contributed by atoms with Crippen molar-refractivity contribution in [1.82, 2.24) is 10.2 Å². The number of benzene rings is 2. The first-order valence-electron chi connectivity index (χ1n) is 12.4. The number of allylic oxidation sites excluding steroid dienone is 1. The smallest absolute Gasteiger partial charge is 0.0991 e. The van der Waals surface area contributed by atoms with Gasteiger partial charge in [0, 0.05) is 69.4 Å². The van der Waals surface area contributed by atoms with E-state index in [2.05, 4.69) is 51.2 Å². The molecule has 2 aromatic carbocycles. The van der Waals surface area contributed by atoms with E-state index < -0.39 is 5.60 Å². The number of rotatable bonds is 4. The Bertz CT molecular complexity index is 1180. The molecule has 7 nitrogen and oxygen atoms in total. The summed E-state index contributed by atoms with van der Waals surface area (Å²) >= 11 is 0. The number of β-amino-alcohol motifs (C(OH)–C–C–N with tert-alkyl or cyclic N) is 1. The zero-order valence-electron chi connectivity index (χ0n) is 20.5. The van der Waals surface area contributed by atoms with Crippen molar-refractivity contribution in [3.05, 3.63) is 64.7 Å². The van der Waals surface area contributed by atoms with Gasteiger partial charge in [-0.2, -0.15) is 5.26 Å². The Kier molecular flexibility index (Phi) is 6.37. The molecule has 7 heteroatoms. The molecular formula is C28H34N6O. The number of hydrogen-bond donors (Lipinski definition) is 3. The number of anilines is 2. The number of nitrogens with zero attached hydrogens (tertiary/aromatic N) is 4. The molecule has 0 bridgehead atoms. The van der Waals surface area contributed by atoms with Crippen molar-refractivity contribution in [3.63, 3.8) is 0 Å². The minimum atomic E-state index is -0.743. The summed E-state index contributed by atoms with van der Waals surface area (Å²) in [4.78, 5) is 7.32. The highest BCUT2D eigenvalue weighted by atomic mass is 16.3. The average molecular weight is 471 g/mol. The fourth-order valence-electron chi connectivity index (χ4n) is 5.84. The SMILES string of the molecule is C[C@@H]1CN(c2ccc(C#N)cc2/C=C\C=N)C[C@@H]2c3ccc(N4CCNC[C@@](C)(O)C4)cc3CN12. The molecule has 3 aliphatic rings. The Hall–Kier alpha value is -3.18. The minimum absolute atomic E-state index is 0.312. The van der Waals surface area contributed by atoms with Gasteiger partial charge >= 0.3 is 0 Å². The van der Waals surface area contributed by atoms with Gasteiger partial charge in [-0.3, -0.25) is 4.90 Å². The highest BCUT2D eigenvalue weighted by Crippen LogP contribution is 2.42. The van der Waals surface area contributed by atoms with Crippen LogP contribution in [0.15, 0.2) is 42.5 Å². The summed E-state index contributed by atoms with van der Waals surface area (Å²) < 4.78 is 0. The third-order valence-electron chi connectivity index (χ3n) is 7.51. The van der Waals surface area contributed by atoms with Crippen LogP contribution in [0.25, 0.3) is 6.08 Å². The lowest BCUT2D eigenvalue weighted by molar-refractivity contribution is 0.0729. The molecule has 3 atom stereocenters. The van der Waals surface area contributed by atoms with Crippen LogP contribution in [-0.2, 0) is 6.54 Å². The van der Waals surface area contributed by atoms with Crippen LogP contribution < -0.4 is 15.1 Å². The van der Waals surface area contributed by atoms with Crippen LogP contribution in [0.1, 0.15) is 42.1 Å². The van der Waals surface area contributed by atoms with Gasteiger partial charge in [0.2, 0.25) is 0 Å². The highest BCUT2D eigenvalue weighted by Gasteiger charge is 2.39. The van der Waals surface area contributed by atoms with E-state index >= 15 is 0 Å². The molecule has 35 heavy (non-hydrogen) atoms. The summed E-state index contributed by atoms with van der Waals surface area (Å²) in [6.07, 6.45) is 4.90. The Morgan fingerprint density at radius 3 is 2.86 bits per heavy atom. The van der Waals surface area contributed by atoms with Crippen LogP contribution >= 0.6 is 0 Å². The quantitative estimate of drug-likeness (QED) is 0.595. The molecule has 0 saturated carbocycles. The molecule has 3 N–H and O–H groups in total. The van der Waals surface area contributed by atoms with Crippen molar-refractivity contribution in [1.29, 1.82) is 10.7 Å². The lowest BCUT2D eigenvalue weighted by Gasteiger charge is -2.44. The van der Waals surface area contributed by atoms with E-state index in [9.17, 15) is 10.4 Å². The standard InChI is InChI=1S/C28H34N6O/c1-20-15-33(26-8-5-21(14-30)12-22(26)4-3-9-29)17-27-25-7-6-24(13-23(25)16-34(20)27)32-11-10-31-18-28(2,35)19-32/h3-9,12-13,20,27,29,31,35H,10-11,15-19H2,1-2H3/b4-3-,29-9?/t20-,27-,28-/m1/s1. The molecule has 3 heterocycles. The molecule has 2 saturated heterocycles. The van der Waals surface area contributed by atoms with E-state index in [1.165, 1.54) is 23.0 Å². The first-order chi connectivity index (χ1) is 16.9. The molecule has 182 valence electrons. The molecule has 2 fully saturated rings. The van der Waals surface area contributed by atoms with Gasteiger partial charge in [0.25, 0.3) is 0 Å². The normalized spacial score (nSPS) is 26.8. The van der Waals surface area contributed by atoms with Crippen LogP contribution in [0.3, 0.4) is 0 Å². The van der Waals surface area contributed by atoms with Crippen LogP contribution in [0.2, 0.25) is 0 Å². The molecule has 2 aromatic rings. The van der Waals surface area contributed by atoms with Crippen molar-refractivity contribution in [2.24, 2.45) is 0 Å². The molecule has 3 aliphatic heterocycles. The number of aliphatic hydroxyl groups is 1. The van der Waals surface area contributed by atoms with E-state index in [0.29, 0.717) is 30.7 Å². The maximum absolute atomic E-state index is 10.7. The van der Waals surface area contributed by atoms with Crippen molar-refractivity contribution in [3.8, 4) is 6.07 Å². The number of hydrogen-bond acceptors (Lipinski definition) is 7. The molecular weight excluding hydrogens is 436 g/mol. The van der Waals surface area contributed by atoms with Gasteiger partial charge in [-0.1, -0.05) is 12.1 Å². The number of fused-ring (bicyclic) bond motifs is 3. The van der Waals surface area contributed by atoms with Crippen LogP contribution in [-0.4, -0.2) is 67.1 Å². The van der Waals surface area contributed by atoms with Crippen LogP contribution in [0.4, 0.5) is 11.4 Å². The number of piperazine rings is 1. The monoisotopic (exact) mass is 470 g/mol. The summed E-state index contributed by atoms with van der Waals surface area (Å²) in [6.45, 7) is 9.93. The molecule has 0 unspecified atom stereocenters. The fraction of sp³-hybridized carbons (Fsp3) is 0.429. The van der Waals surface area contributed by atoms with Gasteiger partial charge in [0.1, 0.15) is 0 Å². The second-order valence-electron chi connectivity index (χ2n) is 10.3. The first kappa shape index (κ1) is 23.6. The molecule has 5 rings (SSSR count). The number of nitriles is 1. The summed E-state index contributed by atoms with van der Waals surface area (Å²) in [6, 6.07) is 15.6. The second kappa shape index (κ2) is 9.46. The third kappa shape index (κ3) is 4.70. The highest BCUT2D eigenvalue weighted by molar-refractivity contribution is 5.80. The van der Waals surface area contributed by atoms with Gasteiger partial charge in [0.15, 0.2) is 0 Å². The summed E-state index contributed by atoms with van der Waals surface area (Å²) in [5.41, 5.74) is 5.92. The Labute approximate surface area is 207 Å². The molecule has 0 spiro atoms. The summed E-state index contributed by atoms with van der Waals surface area (Å²) in [5, 5.41) is 30.8. The van der Waals surface area contributed by atoms with Crippen molar-refractivity contribution >= 4 is 23.7 Å². The minimum Gasteiger partial charge on any atom is -0.387 e. The lowest BCUT2D eigenvalue weighted by Crippen LogP contribution is -2.51. The first-order valence-corrected chi connectivity index (χ1v) is 12.4. The molecule has 0 radical (unpaired) electrons. The van der Waals surface area contributed by atoms with Crippen molar-refractivity contribution in [2.75, 3.05) is 49.1 Å².